The lowest BCUT2D eigenvalue weighted by Gasteiger charge is -2.11. The van der Waals surface area contributed by atoms with Gasteiger partial charge in [-0.15, -0.1) is 0 Å². The van der Waals surface area contributed by atoms with Crippen LogP contribution in [0.2, 0.25) is 0 Å². The fourth-order valence-electron chi connectivity index (χ4n) is 0.785. The number of phenolic OH excluding ortho intramolecular Hbond substituents is 1. The predicted molar refractivity (Wildman–Crippen MR) is 61.5 cm³/mol. The van der Waals surface area contributed by atoms with Crippen LogP contribution in [-0.2, 0) is 10.1 Å². The molecule has 0 bridgehead atoms. The summed E-state index contributed by atoms with van der Waals surface area (Å²) < 4.78 is 32.7. The SMILES string of the molecule is O=S(=O)([O-])c1c(I)cc(O)cc1I. The van der Waals surface area contributed by atoms with Crippen LogP contribution in [0.3, 0.4) is 0 Å². The minimum Gasteiger partial charge on any atom is -0.744 e. The molecule has 0 unspecified atom stereocenters. The number of aromatic hydroxyl groups is 1. The van der Waals surface area contributed by atoms with Gasteiger partial charge in [0, 0.05) is 7.14 Å². The van der Waals surface area contributed by atoms with Gasteiger partial charge in [-0.05, 0) is 57.3 Å². The van der Waals surface area contributed by atoms with Crippen molar-refractivity contribution in [3.05, 3.63) is 19.3 Å². The van der Waals surface area contributed by atoms with Gasteiger partial charge in [-0.25, -0.2) is 8.42 Å². The molecule has 4 nitrogen and oxygen atoms in total. The minimum atomic E-state index is -4.46. The highest BCUT2D eigenvalue weighted by Crippen LogP contribution is 2.28. The van der Waals surface area contributed by atoms with Gasteiger partial charge in [0.1, 0.15) is 15.9 Å². The summed E-state index contributed by atoms with van der Waals surface area (Å²) in [7, 11) is -4.46. The first kappa shape index (κ1) is 11.5. The van der Waals surface area contributed by atoms with Crippen LogP contribution in [0.5, 0.6) is 5.75 Å². The van der Waals surface area contributed by atoms with E-state index in [-0.39, 0.29) is 17.8 Å². The second-order valence-corrected chi connectivity index (χ2v) is 5.83. The molecule has 0 spiro atoms. The van der Waals surface area contributed by atoms with Crippen LogP contribution in [-0.4, -0.2) is 18.1 Å². The standard InChI is InChI=1S/C6H4I2O4S/c7-4-1-3(9)2-5(8)6(4)13(10,11)12/h1-2,9H,(H,10,11,12)/p-1. The van der Waals surface area contributed by atoms with Crippen molar-refractivity contribution in [2.24, 2.45) is 0 Å². The third-order valence-electron chi connectivity index (χ3n) is 1.23. The zero-order valence-electron chi connectivity index (χ0n) is 5.99. The molecule has 0 aliphatic rings. The summed E-state index contributed by atoms with van der Waals surface area (Å²) in [5.74, 6) is -0.0544. The van der Waals surface area contributed by atoms with E-state index in [4.69, 9.17) is 5.11 Å². The molecule has 0 fully saturated rings. The van der Waals surface area contributed by atoms with Gasteiger partial charge in [0.15, 0.2) is 0 Å². The first-order chi connectivity index (χ1) is 5.82. The molecule has 1 rings (SSSR count). The summed E-state index contributed by atoms with van der Waals surface area (Å²) in [6, 6.07) is 2.46. The number of hydrogen-bond donors (Lipinski definition) is 1. The summed E-state index contributed by atoms with van der Waals surface area (Å²) in [5, 5.41) is 9.08. The van der Waals surface area contributed by atoms with Crippen molar-refractivity contribution in [3.8, 4) is 5.75 Å². The van der Waals surface area contributed by atoms with Crippen LogP contribution in [0.1, 0.15) is 0 Å². The molecule has 0 saturated heterocycles. The van der Waals surface area contributed by atoms with E-state index in [0.717, 1.165) is 0 Å². The van der Waals surface area contributed by atoms with E-state index in [1.165, 1.54) is 12.1 Å². The van der Waals surface area contributed by atoms with E-state index in [0.29, 0.717) is 0 Å². The van der Waals surface area contributed by atoms with Crippen LogP contribution in [0, 0.1) is 7.14 Å². The van der Waals surface area contributed by atoms with Crippen molar-refractivity contribution in [2.45, 2.75) is 4.90 Å². The number of benzene rings is 1. The molecule has 0 heterocycles. The molecule has 0 aliphatic carbocycles. The molecule has 72 valence electrons. The molecule has 1 N–H and O–H groups in total. The fourth-order valence-corrected chi connectivity index (χ4v) is 4.73. The fraction of sp³-hybridized carbons (Fsp3) is 0. The molecule has 7 heteroatoms. The Balaban J connectivity index is 3.57. The molecular formula is C6H3I2O4S-. The van der Waals surface area contributed by atoms with Gasteiger partial charge in [0.05, 0.1) is 4.90 Å². The van der Waals surface area contributed by atoms with E-state index >= 15 is 0 Å². The van der Waals surface area contributed by atoms with Gasteiger partial charge >= 0.3 is 0 Å². The van der Waals surface area contributed by atoms with Crippen LogP contribution in [0.25, 0.3) is 0 Å². The Kier molecular flexibility index (Phi) is 3.41. The average Bonchev–Trinajstić information content (AvgIpc) is 1.78. The van der Waals surface area contributed by atoms with Crippen LogP contribution in [0.4, 0.5) is 0 Å². The summed E-state index contributed by atoms with van der Waals surface area (Å²) in [6.07, 6.45) is 0. The van der Waals surface area contributed by atoms with Gasteiger partial charge in [-0.1, -0.05) is 0 Å². The highest BCUT2D eigenvalue weighted by Gasteiger charge is 2.12. The molecule has 0 radical (unpaired) electrons. The van der Waals surface area contributed by atoms with Crippen molar-refractivity contribution >= 4 is 55.3 Å². The van der Waals surface area contributed by atoms with Crippen molar-refractivity contribution < 1.29 is 18.1 Å². The third kappa shape index (κ3) is 2.67. The number of halogens is 2. The Hall–Kier alpha value is 0.390. The number of phenols is 1. The maximum absolute atomic E-state index is 10.7. The molecule has 0 aliphatic heterocycles. The van der Waals surface area contributed by atoms with E-state index in [2.05, 4.69) is 0 Å². The Morgan fingerprint density at radius 1 is 1.23 bits per heavy atom. The highest BCUT2D eigenvalue weighted by atomic mass is 127. The number of rotatable bonds is 1. The van der Waals surface area contributed by atoms with Crippen molar-refractivity contribution in [1.82, 2.24) is 0 Å². The lowest BCUT2D eigenvalue weighted by molar-refractivity contribution is 0.459. The molecule has 0 amide bonds. The maximum atomic E-state index is 10.7. The molecule has 0 saturated carbocycles. The van der Waals surface area contributed by atoms with Gasteiger partial charge in [0.25, 0.3) is 0 Å². The van der Waals surface area contributed by atoms with Crippen LogP contribution in [0.15, 0.2) is 17.0 Å². The second kappa shape index (κ2) is 3.87. The largest absolute Gasteiger partial charge is 0.744 e. The summed E-state index contributed by atoms with van der Waals surface area (Å²) in [6.45, 7) is 0. The van der Waals surface area contributed by atoms with Gasteiger partial charge in [0.2, 0.25) is 0 Å². The Morgan fingerprint density at radius 2 is 1.62 bits per heavy atom. The monoisotopic (exact) mass is 425 g/mol. The van der Waals surface area contributed by atoms with Crippen molar-refractivity contribution in [2.75, 3.05) is 0 Å². The lowest BCUT2D eigenvalue weighted by Crippen LogP contribution is -2.03. The summed E-state index contributed by atoms with van der Waals surface area (Å²) in [5.41, 5.74) is 0. The Morgan fingerprint density at radius 3 is 1.92 bits per heavy atom. The molecular weight excluding hydrogens is 422 g/mol. The minimum absolute atomic E-state index is 0.0544. The normalized spacial score (nSPS) is 11.6. The zero-order valence-corrected chi connectivity index (χ0v) is 11.1. The van der Waals surface area contributed by atoms with E-state index < -0.39 is 10.1 Å². The maximum Gasteiger partial charge on any atom is 0.126 e. The highest BCUT2D eigenvalue weighted by molar-refractivity contribution is 14.1. The smallest absolute Gasteiger partial charge is 0.126 e. The second-order valence-electron chi connectivity index (χ2n) is 2.19. The van der Waals surface area contributed by atoms with Gasteiger partial charge in [-0.2, -0.15) is 0 Å². The average molecular weight is 425 g/mol. The van der Waals surface area contributed by atoms with Gasteiger partial charge in [-0.3, -0.25) is 0 Å². The summed E-state index contributed by atoms with van der Waals surface area (Å²) in [4.78, 5) is -0.272. The number of hydrogen-bond acceptors (Lipinski definition) is 4. The Bertz CT molecular complexity index is 417. The van der Waals surface area contributed by atoms with E-state index in [1.54, 1.807) is 45.2 Å². The predicted octanol–water partition coefficient (Wildman–Crippen LogP) is 1.51. The van der Waals surface area contributed by atoms with Crippen molar-refractivity contribution in [1.29, 1.82) is 0 Å². The van der Waals surface area contributed by atoms with E-state index in [9.17, 15) is 13.0 Å². The molecule has 0 atom stereocenters. The first-order valence-corrected chi connectivity index (χ1v) is 6.53. The molecule has 1 aromatic rings. The zero-order chi connectivity index (χ0) is 10.2. The lowest BCUT2D eigenvalue weighted by atomic mass is 10.3. The molecule has 1 aromatic carbocycles. The molecule has 0 aromatic heterocycles. The van der Waals surface area contributed by atoms with Crippen molar-refractivity contribution in [3.63, 3.8) is 0 Å². The topological polar surface area (TPSA) is 77.4 Å². The van der Waals surface area contributed by atoms with Crippen LogP contribution < -0.4 is 0 Å². The van der Waals surface area contributed by atoms with E-state index in [1.807, 2.05) is 0 Å². The summed E-state index contributed by atoms with van der Waals surface area (Å²) >= 11 is 3.39. The third-order valence-corrected chi connectivity index (χ3v) is 4.61. The van der Waals surface area contributed by atoms with Gasteiger partial charge < -0.3 is 9.66 Å². The molecule has 13 heavy (non-hydrogen) atoms. The quantitative estimate of drug-likeness (QED) is 0.547. The van der Waals surface area contributed by atoms with Crippen LogP contribution >= 0.6 is 45.2 Å². The first-order valence-electron chi connectivity index (χ1n) is 2.96. The Labute approximate surface area is 102 Å².